The number of carboxylic acid groups (broad SMARTS) is 1. The summed E-state index contributed by atoms with van der Waals surface area (Å²) in [4.78, 5) is 14.7. The predicted molar refractivity (Wildman–Crippen MR) is 65.2 cm³/mol. The lowest BCUT2D eigenvalue weighted by molar-refractivity contribution is 0.0697. The molecule has 94 valence electrons. The van der Waals surface area contributed by atoms with E-state index in [0.717, 1.165) is 12.8 Å². The highest BCUT2D eigenvalue weighted by Gasteiger charge is 2.09. The fraction of sp³-hybridized carbons (Fsp3) is 0.500. The molecule has 0 fully saturated rings. The van der Waals surface area contributed by atoms with Crippen LogP contribution in [0.15, 0.2) is 18.5 Å². The summed E-state index contributed by atoms with van der Waals surface area (Å²) < 4.78 is 0. The van der Waals surface area contributed by atoms with Gasteiger partial charge in [0.2, 0.25) is 0 Å². The van der Waals surface area contributed by atoms with Crippen LogP contribution in [-0.4, -0.2) is 34.3 Å². The third-order valence-corrected chi connectivity index (χ3v) is 2.55. The minimum Gasteiger partial charge on any atom is -0.478 e. The van der Waals surface area contributed by atoms with E-state index in [0.29, 0.717) is 12.2 Å². The molecule has 5 heteroatoms. The summed E-state index contributed by atoms with van der Waals surface area (Å²) in [6.07, 6.45) is 4.70. The molecular weight excluding hydrogens is 220 g/mol. The number of aliphatic hydroxyl groups is 1. The number of carbonyl (C=O) groups is 1. The molecule has 1 unspecified atom stereocenters. The SMILES string of the molecule is CC(CO)CCCNc1ccncc1C(=O)O. The van der Waals surface area contributed by atoms with Crippen LogP contribution in [0.4, 0.5) is 5.69 Å². The van der Waals surface area contributed by atoms with Gasteiger partial charge in [-0.15, -0.1) is 0 Å². The first kappa shape index (κ1) is 13.4. The maximum atomic E-state index is 10.9. The van der Waals surface area contributed by atoms with Crippen molar-refractivity contribution >= 4 is 11.7 Å². The number of anilines is 1. The van der Waals surface area contributed by atoms with Crippen molar-refractivity contribution in [2.45, 2.75) is 19.8 Å². The van der Waals surface area contributed by atoms with Gasteiger partial charge < -0.3 is 15.5 Å². The first-order chi connectivity index (χ1) is 8.15. The molecule has 0 aromatic carbocycles. The van der Waals surface area contributed by atoms with E-state index >= 15 is 0 Å². The molecule has 17 heavy (non-hydrogen) atoms. The quantitative estimate of drug-likeness (QED) is 0.628. The van der Waals surface area contributed by atoms with Crippen molar-refractivity contribution in [1.29, 1.82) is 0 Å². The van der Waals surface area contributed by atoms with E-state index in [9.17, 15) is 4.79 Å². The van der Waals surface area contributed by atoms with Crippen molar-refractivity contribution in [2.75, 3.05) is 18.5 Å². The average molecular weight is 238 g/mol. The number of carboxylic acids is 1. The van der Waals surface area contributed by atoms with Gasteiger partial charge in [0.05, 0.1) is 5.69 Å². The number of aromatic carboxylic acids is 1. The topological polar surface area (TPSA) is 82.5 Å². The van der Waals surface area contributed by atoms with E-state index in [2.05, 4.69) is 10.3 Å². The second kappa shape index (κ2) is 6.85. The van der Waals surface area contributed by atoms with Crippen molar-refractivity contribution in [1.82, 2.24) is 4.98 Å². The molecular formula is C12H18N2O3. The van der Waals surface area contributed by atoms with Crippen LogP contribution in [0.5, 0.6) is 0 Å². The van der Waals surface area contributed by atoms with Gasteiger partial charge in [-0.1, -0.05) is 6.92 Å². The largest absolute Gasteiger partial charge is 0.478 e. The molecule has 5 nitrogen and oxygen atoms in total. The van der Waals surface area contributed by atoms with Crippen LogP contribution in [0.25, 0.3) is 0 Å². The minimum atomic E-state index is -0.982. The molecule has 1 atom stereocenters. The molecule has 1 aromatic heterocycles. The molecule has 0 amide bonds. The lowest BCUT2D eigenvalue weighted by atomic mass is 10.1. The van der Waals surface area contributed by atoms with Crippen LogP contribution in [0, 0.1) is 5.92 Å². The fourth-order valence-corrected chi connectivity index (χ4v) is 1.48. The van der Waals surface area contributed by atoms with Crippen LogP contribution in [0.2, 0.25) is 0 Å². The van der Waals surface area contributed by atoms with E-state index in [1.165, 1.54) is 6.20 Å². The average Bonchev–Trinajstić information content (AvgIpc) is 2.34. The molecule has 3 N–H and O–H groups in total. The zero-order chi connectivity index (χ0) is 12.7. The van der Waals surface area contributed by atoms with E-state index in [-0.39, 0.29) is 18.1 Å². The summed E-state index contributed by atoms with van der Waals surface area (Å²) in [7, 11) is 0. The van der Waals surface area contributed by atoms with Gasteiger partial charge in [-0.05, 0) is 24.8 Å². The molecule has 1 aromatic rings. The molecule has 0 saturated heterocycles. The molecule has 0 spiro atoms. The summed E-state index contributed by atoms with van der Waals surface area (Å²) in [5.41, 5.74) is 0.770. The van der Waals surface area contributed by atoms with Crippen LogP contribution >= 0.6 is 0 Å². The van der Waals surface area contributed by atoms with Gasteiger partial charge in [0.15, 0.2) is 0 Å². The van der Waals surface area contributed by atoms with Gasteiger partial charge in [-0.2, -0.15) is 0 Å². The molecule has 1 heterocycles. The second-order valence-electron chi connectivity index (χ2n) is 4.08. The zero-order valence-electron chi connectivity index (χ0n) is 9.89. The fourth-order valence-electron chi connectivity index (χ4n) is 1.48. The van der Waals surface area contributed by atoms with Gasteiger partial charge in [0.25, 0.3) is 0 Å². The second-order valence-corrected chi connectivity index (χ2v) is 4.08. The van der Waals surface area contributed by atoms with Gasteiger partial charge in [0, 0.05) is 25.5 Å². The van der Waals surface area contributed by atoms with E-state index in [1.54, 1.807) is 12.3 Å². The Bertz CT molecular complexity index is 369. The summed E-state index contributed by atoms with van der Waals surface area (Å²) in [6, 6.07) is 1.65. The van der Waals surface area contributed by atoms with Gasteiger partial charge in [0.1, 0.15) is 5.56 Å². The number of pyridine rings is 1. The van der Waals surface area contributed by atoms with Crippen LogP contribution in [0.1, 0.15) is 30.1 Å². The number of hydrogen-bond donors (Lipinski definition) is 3. The first-order valence-electron chi connectivity index (χ1n) is 5.67. The highest BCUT2D eigenvalue weighted by molar-refractivity contribution is 5.93. The van der Waals surface area contributed by atoms with E-state index in [4.69, 9.17) is 10.2 Å². The summed E-state index contributed by atoms with van der Waals surface area (Å²) >= 11 is 0. The number of aliphatic hydroxyl groups excluding tert-OH is 1. The molecule has 0 aliphatic carbocycles. The third kappa shape index (κ3) is 4.40. The molecule has 0 radical (unpaired) electrons. The molecule has 0 aliphatic rings. The Morgan fingerprint density at radius 2 is 2.35 bits per heavy atom. The highest BCUT2D eigenvalue weighted by atomic mass is 16.4. The Hall–Kier alpha value is -1.62. The van der Waals surface area contributed by atoms with Crippen molar-refractivity contribution in [2.24, 2.45) is 5.92 Å². The van der Waals surface area contributed by atoms with Crippen molar-refractivity contribution in [3.05, 3.63) is 24.0 Å². The number of nitrogens with one attached hydrogen (secondary N) is 1. The highest BCUT2D eigenvalue weighted by Crippen LogP contribution is 2.14. The van der Waals surface area contributed by atoms with Gasteiger partial charge in [-0.3, -0.25) is 4.98 Å². The van der Waals surface area contributed by atoms with Gasteiger partial charge >= 0.3 is 5.97 Å². The van der Waals surface area contributed by atoms with Crippen molar-refractivity contribution < 1.29 is 15.0 Å². The van der Waals surface area contributed by atoms with E-state index in [1.807, 2.05) is 6.92 Å². The maximum Gasteiger partial charge on any atom is 0.339 e. The Kier molecular flexibility index (Phi) is 5.42. The predicted octanol–water partition coefficient (Wildman–Crippen LogP) is 1.60. The minimum absolute atomic E-state index is 0.183. The summed E-state index contributed by atoms with van der Waals surface area (Å²) in [5.74, 6) is -0.697. The molecule has 0 aliphatic heterocycles. The Morgan fingerprint density at radius 3 is 3.00 bits per heavy atom. The lowest BCUT2D eigenvalue weighted by Gasteiger charge is -2.10. The number of rotatable bonds is 7. The lowest BCUT2D eigenvalue weighted by Crippen LogP contribution is -2.10. The smallest absolute Gasteiger partial charge is 0.339 e. The standard InChI is InChI=1S/C12H18N2O3/c1-9(8-15)3-2-5-14-11-4-6-13-7-10(11)12(16)17/h4,6-7,9,15H,2-3,5,8H2,1H3,(H,13,14)(H,16,17). The maximum absolute atomic E-state index is 10.9. The summed E-state index contributed by atoms with van der Waals surface area (Å²) in [5, 5.41) is 20.9. The molecule has 1 rings (SSSR count). The Labute approximate surface area is 101 Å². The Balaban J connectivity index is 2.44. The normalized spacial score (nSPS) is 12.1. The number of hydrogen-bond acceptors (Lipinski definition) is 4. The van der Waals surface area contributed by atoms with E-state index < -0.39 is 5.97 Å². The monoisotopic (exact) mass is 238 g/mol. The first-order valence-corrected chi connectivity index (χ1v) is 5.67. The zero-order valence-corrected chi connectivity index (χ0v) is 9.89. The summed E-state index contributed by atoms with van der Waals surface area (Å²) in [6.45, 7) is 2.86. The van der Waals surface area contributed by atoms with Crippen molar-refractivity contribution in [3.8, 4) is 0 Å². The van der Waals surface area contributed by atoms with Crippen LogP contribution in [0.3, 0.4) is 0 Å². The third-order valence-electron chi connectivity index (χ3n) is 2.55. The Morgan fingerprint density at radius 1 is 1.59 bits per heavy atom. The van der Waals surface area contributed by atoms with Crippen molar-refractivity contribution in [3.63, 3.8) is 0 Å². The molecule has 0 saturated carbocycles. The number of nitrogens with zero attached hydrogens (tertiary/aromatic N) is 1. The molecule has 0 bridgehead atoms. The number of aromatic nitrogens is 1. The van der Waals surface area contributed by atoms with Crippen LogP contribution in [-0.2, 0) is 0 Å². The van der Waals surface area contributed by atoms with Crippen LogP contribution < -0.4 is 5.32 Å². The van der Waals surface area contributed by atoms with Gasteiger partial charge in [-0.25, -0.2) is 4.79 Å².